The first-order valence-electron chi connectivity index (χ1n) is 17.7. The van der Waals surface area contributed by atoms with Crippen molar-refractivity contribution in [2.45, 2.75) is 6.92 Å². The van der Waals surface area contributed by atoms with Gasteiger partial charge in [-0.2, -0.15) is 0 Å². The molecule has 0 saturated carbocycles. The average molecular weight is 682 g/mol. The van der Waals surface area contributed by atoms with Crippen molar-refractivity contribution in [2.24, 2.45) is 0 Å². The standard InChI is InChI=1S/C48H31N3O2/c1-2-3-4-11-30-20-22-32(23-21-30)34-26-27-37-43(29-34)53-42-19-10-16-39(45(37)42)48-50-46(35-25-24-31-12-5-6-13-33(31)28-35)49-47(51-48)38-15-9-18-41-44(38)36-14-7-8-17-40(36)52-41/h2-29H,1H3/b3-2-,11-4-. The smallest absolute Gasteiger partial charge is 0.164 e. The van der Waals surface area contributed by atoms with Gasteiger partial charge in [-0.05, 0) is 70.8 Å². The summed E-state index contributed by atoms with van der Waals surface area (Å²) in [4.78, 5) is 15.5. The highest BCUT2D eigenvalue weighted by Gasteiger charge is 2.20. The van der Waals surface area contributed by atoms with Crippen LogP contribution in [-0.2, 0) is 0 Å². The maximum absolute atomic E-state index is 6.54. The van der Waals surface area contributed by atoms with Gasteiger partial charge in [-0.25, -0.2) is 15.0 Å². The number of fused-ring (bicyclic) bond motifs is 7. The third kappa shape index (κ3) is 5.38. The molecule has 5 nitrogen and oxygen atoms in total. The molecule has 0 aliphatic heterocycles. The predicted octanol–water partition coefficient (Wildman–Crippen LogP) is 13.1. The highest BCUT2D eigenvalue weighted by atomic mass is 16.3. The van der Waals surface area contributed by atoms with Crippen molar-refractivity contribution in [2.75, 3.05) is 0 Å². The van der Waals surface area contributed by atoms with Crippen molar-refractivity contribution < 1.29 is 8.83 Å². The summed E-state index contributed by atoms with van der Waals surface area (Å²) in [7, 11) is 0. The van der Waals surface area contributed by atoms with Crippen LogP contribution in [0.2, 0.25) is 0 Å². The van der Waals surface area contributed by atoms with Gasteiger partial charge >= 0.3 is 0 Å². The first-order chi connectivity index (χ1) is 26.2. The van der Waals surface area contributed by atoms with E-state index in [-0.39, 0.29) is 0 Å². The van der Waals surface area contributed by atoms with Crippen molar-refractivity contribution in [3.8, 4) is 45.3 Å². The van der Waals surface area contributed by atoms with E-state index in [0.717, 1.165) is 88.0 Å². The molecule has 0 aliphatic carbocycles. The Morgan fingerprint density at radius 2 is 1.04 bits per heavy atom. The Balaban J connectivity index is 1.16. The van der Waals surface area contributed by atoms with Gasteiger partial charge in [0.1, 0.15) is 22.3 Å². The molecule has 5 heteroatoms. The molecule has 10 aromatic rings. The minimum Gasteiger partial charge on any atom is -0.456 e. The van der Waals surface area contributed by atoms with Crippen LogP contribution in [0, 0.1) is 0 Å². The largest absolute Gasteiger partial charge is 0.456 e. The van der Waals surface area contributed by atoms with Crippen LogP contribution >= 0.6 is 0 Å². The van der Waals surface area contributed by atoms with Crippen molar-refractivity contribution in [1.82, 2.24) is 15.0 Å². The van der Waals surface area contributed by atoms with Crippen molar-refractivity contribution in [3.05, 3.63) is 169 Å². The number of rotatable bonds is 6. The van der Waals surface area contributed by atoms with E-state index in [1.54, 1.807) is 0 Å². The third-order valence-electron chi connectivity index (χ3n) is 9.86. The summed E-state index contributed by atoms with van der Waals surface area (Å²) in [5.41, 5.74) is 9.23. The molecule has 3 heterocycles. The van der Waals surface area contributed by atoms with E-state index < -0.39 is 0 Å². The summed E-state index contributed by atoms with van der Waals surface area (Å²) < 4.78 is 12.8. The zero-order chi connectivity index (χ0) is 35.3. The van der Waals surface area contributed by atoms with Gasteiger partial charge in [0.05, 0.1) is 0 Å². The molecular formula is C48H31N3O2. The molecule has 0 saturated heterocycles. The van der Waals surface area contributed by atoms with E-state index in [0.29, 0.717) is 17.5 Å². The van der Waals surface area contributed by atoms with Gasteiger partial charge in [0.2, 0.25) is 0 Å². The monoisotopic (exact) mass is 681 g/mol. The van der Waals surface area contributed by atoms with Gasteiger partial charge in [0.25, 0.3) is 0 Å². The summed E-state index contributed by atoms with van der Waals surface area (Å²) in [6.07, 6.45) is 8.20. The summed E-state index contributed by atoms with van der Waals surface area (Å²) in [5, 5.41) is 6.24. The molecule has 0 atom stereocenters. The lowest BCUT2D eigenvalue weighted by molar-refractivity contribution is 0.668. The maximum atomic E-state index is 6.54. The molecule has 0 aliphatic rings. The zero-order valence-corrected chi connectivity index (χ0v) is 28.8. The molecule has 0 fully saturated rings. The number of nitrogens with zero attached hydrogens (tertiary/aromatic N) is 3. The second-order valence-corrected chi connectivity index (χ2v) is 13.1. The van der Waals surface area contributed by atoms with E-state index >= 15 is 0 Å². The Morgan fingerprint density at radius 1 is 0.434 bits per heavy atom. The minimum atomic E-state index is 0.571. The summed E-state index contributed by atoms with van der Waals surface area (Å²) in [5.74, 6) is 1.74. The van der Waals surface area contributed by atoms with Gasteiger partial charge in [-0.3, -0.25) is 0 Å². The molecular weight excluding hydrogens is 651 g/mol. The molecule has 0 unspecified atom stereocenters. The van der Waals surface area contributed by atoms with Crippen molar-refractivity contribution in [1.29, 1.82) is 0 Å². The molecule has 0 bridgehead atoms. The van der Waals surface area contributed by atoms with Crippen LogP contribution in [0.3, 0.4) is 0 Å². The average Bonchev–Trinajstić information content (AvgIpc) is 3.79. The summed E-state index contributed by atoms with van der Waals surface area (Å²) in [6, 6.07) is 49.9. The molecule has 0 amide bonds. The Morgan fingerprint density at radius 3 is 1.79 bits per heavy atom. The number of benzene rings is 7. The van der Waals surface area contributed by atoms with Gasteiger partial charge in [0, 0.05) is 38.2 Å². The van der Waals surface area contributed by atoms with E-state index in [4.69, 9.17) is 23.8 Å². The first-order valence-corrected chi connectivity index (χ1v) is 17.7. The molecule has 0 N–H and O–H groups in total. The van der Waals surface area contributed by atoms with Crippen LogP contribution in [0.15, 0.2) is 173 Å². The minimum absolute atomic E-state index is 0.571. The molecule has 0 radical (unpaired) electrons. The first kappa shape index (κ1) is 30.7. The number of hydrogen-bond donors (Lipinski definition) is 0. The number of para-hydroxylation sites is 1. The second kappa shape index (κ2) is 12.6. The summed E-state index contributed by atoms with van der Waals surface area (Å²) in [6.45, 7) is 2.01. The number of aromatic nitrogens is 3. The molecule has 53 heavy (non-hydrogen) atoms. The molecule has 0 spiro atoms. The van der Waals surface area contributed by atoms with E-state index in [1.165, 1.54) is 0 Å². The Kier molecular flexibility index (Phi) is 7.29. The molecule has 250 valence electrons. The number of furan rings is 2. The van der Waals surface area contributed by atoms with E-state index in [2.05, 4.69) is 109 Å². The van der Waals surface area contributed by atoms with Crippen LogP contribution in [-0.4, -0.2) is 15.0 Å². The van der Waals surface area contributed by atoms with Crippen LogP contribution in [0.1, 0.15) is 12.5 Å². The third-order valence-corrected chi connectivity index (χ3v) is 9.86. The molecule has 3 aromatic heterocycles. The predicted molar refractivity (Wildman–Crippen MR) is 217 cm³/mol. The molecule has 10 rings (SSSR count). The topological polar surface area (TPSA) is 65.0 Å². The lowest BCUT2D eigenvalue weighted by Gasteiger charge is -2.10. The lowest BCUT2D eigenvalue weighted by Crippen LogP contribution is -2.00. The number of allylic oxidation sites excluding steroid dienone is 3. The summed E-state index contributed by atoms with van der Waals surface area (Å²) >= 11 is 0. The van der Waals surface area contributed by atoms with Crippen molar-refractivity contribution in [3.63, 3.8) is 0 Å². The van der Waals surface area contributed by atoms with Gasteiger partial charge in [-0.1, -0.05) is 133 Å². The Bertz CT molecular complexity index is 3070. The van der Waals surface area contributed by atoms with E-state index in [1.807, 2.05) is 67.6 Å². The van der Waals surface area contributed by atoms with Crippen molar-refractivity contribution >= 4 is 60.7 Å². The Hall–Kier alpha value is -7.11. The van der Waals surface area contributed by atoms with Crippen LogP contribution in [0.4, 0.5) is 0 Å². The SMILES string of the molecule is C/C=C\C=C/c1ccc(-c2ccc3c(c2)oc2cccc(-c4nc(-c5ccc6ccccc6c5)nc(-c5cccc6oc7ccccc7c56)n4)c23)cc1. The Labute approximate surface area is 305 Å². The van der Waals surface area contributed by atoms with Gasteiger partial charge in [0.15, 0.2) is 17.5 Å². The van der Waals surface area contributed by atoms with E-state index in [9.17, 15) is 0 Å². The van der Waals surface area contributed by atoms with Crippen LogP contribution in [0.25, 0.3) is 106 Å². The quantitative estimate of drug-likeness (QED) is 0.163. The van der Waals surface area contributed by atoms with Crippen LogP contribution in [0.5, 0.6) is 0 Å². The van der Waals surface area contributed by atoms with Crippen LogP contribution < -0.4 is 0 Å². The fourth-order valence-corrected chi connectivity index (χ4v) is 7.29. The lowest BCUT2D eigenvalue weighted by atomic mass is 10.0. The maximum Gasteiger partial charge on any atom is 0.164 e. The van der Waals surface area contributed by atoms with Gasteiger partial charge < -0.3 is 8.83 Å². The normalized spacial score (nSPS) is 12.1. The fourth-order valence-electron chi connectivity index (χ4n) is 7.29. The van der Waals surface area contributed by atoms with Gasteiger partial charge in [-0.15, -0.1) is 0 Å². The highest BCUT2D eigenvalue weighted by Crippen LogP contribution is 2.40. The highest BCUT2D eigenvalue weighted by molar-refractivity contribution is 6.13. The zero-order valence-electron chi connectivity index (χ0n) is 28.8. The number of hydrogen-bond acceptors (Lipinski definition) is 5. The second-order valence-electron chi connectivity index (χ2n) is 13.1. The molecule has 7 aromatic carbocycles. The fraction of sp³-hybridized carbons (Fsp3) is 0.0208.